The van der Waals surface area contributed by atoms with E-state index in [2.05, 4.69) is 137 Å². The number of hydrogen-bond acceptors (Lipinski definition) is 15. The Morgan fingerprint density at radius 3 is 0.913 bits per heavy atom. The summed E-state index contributed by atoms with van der Waals surface area (Å²) in [5, 5.41) is 8.92. The minimum Gasteiger partial charge on any atom is -0.446 e. The maximum absolute atomic E-state index is 13.3. The molecule has 6 heterocycles. The first-order valence-corrected chi connectivity index (χ1v) is 54.9. The molecule has 8 amide bonds. The van der Waals surface area contributed by atoms with Gasteiger partial charge in [0.2, 0.25) is 5.91 Å². The number of unbranched alkanes of at least 4 members (excludes halogenated alkanes) is 14. The van der Waals surface area contributed by atoms with Crippen molar-refractivity contribution in [2.24, 2.45) is 11.7 Å². The van der Waals surface area contributed by atoms with Gasteiger partial charge < -0.3 is 43.6 Å². The summed E-state index contributed by atoms with van der Waals surface area (Å²) >= 11 is 0. The predicted octanol–water partition coefficient (Wildman–Crippen LogP) is 24.4. The van der Waals surface area contributed by atoms with Crippen molar-refractivity contribution in [3.63, 3.8) is 0 Å². The number of amides is 8. The lowest BCUT2D eigenvalue weighted by molar-refractivity contribution is -0.903. The van der Waals surface area contributed by atoms with Gasteiger partial charge in [0.05, 0.1) is 87.1 Å². The first-order chi connectivity index (χ1) is 72.6. The fraction of sp³-hybridized carbons (Fsp3) is 0.413. The van der Waals surface area contributed by atoms with Crippen molar-refractivity contribution >= 4 is 64.9 Å². The molecule has 11 aromatic rings. The second kappa shape index (κ2) is 55.8. The number of fused-ring (bicyclic) bond motifs is 2. The molecule has 6 aliphatic heterocycles. The highest BCUT2D eigenvalue weighted by atomic mass is 16.6. The molecule has 1 unspecified atom stereocenters. The summed E-state index contributed by atoms with van der Waals surface area (Å²) in [5.74, 6) is -0.801. The monoisotopic (exact) mass is 2010 g/mol. The summed E-state index contributed by atoms with van der Waals surface area (Å²) in [4.78, 5) is 115. The number of primary amides is 1. The van der Waals surface area contributed by atoms with Crippen molar-refractivity contribution in [3.05, 3.63) is 342 Å². The first-order valence-electron chi connectivity index (χ1n) is 54.9. The van der Waals surface area contributed by atoms with Crippen LogP contribution in [0, 0.1) is 5.92 Å². The number of rotatable bonds is 47. The number of quaternary nitrogens is 2. The summed E-state index contributed by atoms with van der Waals surface area (Å²) in [6.45, 7) is 16.8. The number of benzene rings is 11. The quantitative estimate of drug-likeness (QED) is 0.0120. The molecule has 17 rings (SSSR count). The lowest BCUT2D eigenvalue weighted by atomic mass is 9.64. The van der Waals surface area contributed by atoms with Crippen LogP contribution < -0.4 is 21.7 Å². The van der Waals surface area contributed by atoms with Gasteiger partial charge in [-0.2, -0.15) is 0 Å². The summed E-state index contributed by atoms with van der Waals surface area (Å²) in [7, 11) is 9.00. The third-order valence-corrected chi connectivity index (χ3v) is 30.7. The van der Waals surface area contributed by atoms with Crippen molar-refractivity contribution in [3.8, 4) is 33.4 Å². The van der Waals surface area contributed by atoms with Crippen LogP contribution in [0.3, 0.4) is 0 Å². The van der Waals surface area contributed by atoms with Crippen molar-refractivity contribution in [1.29, 1.82) is 0 Å². The molecule has 11 aromatic carbocycles. The molecule has 0 spiro atoms. The van der Waals surface area contributed by atoms with Crippen molar-refractivity contribution in [1.82, 2.24) is 29.4 Å². The van der Waals surface area contributed by atoms with Crippen LogP contribution in [-0.2, 0) is 37.5 Å². The molecule has 0 aliphatic carbocycles. The average molecular weight is 2010 g/mol. The molecule has 6 aliphatic rings. The number of anilines is 3. The van der Waals surface area contributed by atoms with Crippen LogP contribution in [0.2, 0.25) is 0 Å². The molecule has 4 saturated heterocycles. The molecule has 0 radical (unpaired) electrons. The maximum Gasteiger partial charge on any atom is 0.411 e. The molecule has 23 nitrogen and oxygen atoms in total. The van der Waals surface area contributed by atoms with Crippen molar-refractivity contribution in [2.45, 2.75) is 197 Å². The van der Waals surface area contributed by atoms with E-state index in [0.717, 1.165) is 252 Å². The number of likely N-dealkylation sites (tertiary alicyclic amines) is 4. The summed E-state index contributed by atoms with van der Waals surface area (Å²) < 4.78 is 19.2. The maximum atomic E-state index is 13.3. The van der Waals surface area contributed by atoms with Crippen LogP contribution in [-0.4, -0.2) is 237 Å². The van der Waals surface area contributed by atoms with Crippen LogP contribution in [0.15, 0.2) is 297 Å². The van der Waals surface area contributed by atoms with Crippen LogP contribution in [0.5, 0.6) is 0 Å². The number of carbonyl (C=O) groups excluding carboxylic acids is 8. The zero-order valence-corrected chi connectivity index (χ0v) is 88.2. The van der Waals surface area contributed by atoms with Crippen LogP contribution in [0.1, 0.15) is 224 Å². The lowest BCUT2D eigenvalue weighted by Gasteiger charge is -2.37. The second-order valence-electron chi connectivity index (χ2n) is 42.6. The molecule has 0 aromatic heterocycles. The molecule has 0 bridgehead atoms. The van der Waals surface area contributed by atoms with Crippen LogP contribution in [0.4, 0.5) is 31.4 Å². The van der Waals surface area contributed by atoms with Gasteiger partial charge in [-0.05, 0) is 211 Å². The molecular weight excluding hydrogens is 1860 g/mol. The smallest absolute Gasteiger partial charge is 0.411 e. The Hall–Kier alpha value is -13.3. The summed E-state index contributed by atoms with van der Waals surface area (Å²) in [6, 6.07) is 97.0. The van der Waals surface area contributed by atoms with Gasteiger partial charge in [-0.25, -0.2) is 14.4 Å². The molecule has 149 heavy (non-hydrogen) atoms. The number of nitrogens with one attached hydrogen (secondary N) is 3. The Labute approximate surface area is 883 Å². The average Bonchev–Trinajstić information content (AvgIpc) is 1.72. The Balaban J connectivity index is 0.000000168. The van der Waals surface area contributed by atoms with Crippen LogP contribution in [0.25, 0.3) is 33.4 Å². The van der Waals surface area contributed by atoms with Gasteiger partial charge in [0.25, 0.3) is 23.6 Å². The van der Waals surface area contributed by atoms with E-state index in [0.29, 0.717) is 35.3 Å². The van der Waals surface area contributed by atoms with E-state index in [1.54, 1.807) is 36.4 Å². The molecule has 1 atom stereocenters. The minimum atomic E-state index is -0.828. The highest BCUT2D eigenvalue weighted by molar-refractivity contribution is 6.22. The number of ether oxygens (including phenoxy) is 3. The number of carbonyl (C=O) groups is 8. The van der Waals surface area contributed by atoms with E-state index in [4.69, 9.17) is 19.9 Å². The lowest BCUT2D eigenvalue weighted by Crippen LogP contribution is -2.49. The predicted molar refractivity (Wildman–Crippen MR) is 596 cm³/mol. The number of nitrogens with zero attached hydrogens (tertiary/aromatic N) is 8. The molecule has 4 fully saturated rings. The number of imide groups is 2. The van der Waals surface area contributed by atoms with E-state index < -0.39 is 11.5 Å². The molecular formula is C126H156N12O11+2. The second-order valence-corrected chi connectivity index (χ2v) is 42.6. The summed E-state index contributed by atoms with van der Waals surface area (Å²) in [6.07, 6.45) is 26.3. The van der Waals surface area contributed by atoms with Crippen molar-refractivity contribution < 1.29 is 61.5 Å². The zero-order chi connectivity index (χ0) is 104. The third kappa shape index (κ3) is 31.9. The molecule has 784 valence electrons. The van der Waals surface area contributed by atoms with Crippen molar-refractivity contribution in [2.75, 3.05) is 149 Å². The first kappa shape index (κ1) is 110. The van der Waals surface area contributed by atoms with E-state index in [9.17, 15) is 38.4 Å². The molecule has 5 N–H and O–H groups in total. The number of hydrogen-bond donors (Lipinski definition) is 4. The normalized spacial score (nSPS) is 16.0. The zero-order valence-electron chi connectivity index (χ0n) is 88.2. The van der Waals surface area contributed by atoms with Gasteiger partial charge >= 0.3 is 18.3 Å². The minimum absolute atomic E-state index is 0.0234. The number of para-hydroxylation sites is 3. The standard InChI is InChI=1S/C48H62N4O4.C40H44N4O4.C38H48N4O3/c53-47(49-45-27-17-15-25-43(45)39-21-11-9-12-22-39)55-41-29-35-51(36-30-41)33-19-7-5-3-1-2-4-6-8-20-34-52-37-31-42(32-38-52)56-48(54)50-46-28-18-16-26-44(46)40-23-13-10-14-24-40;1-44(2,27-11-10-24-43-38(45)35-15-6-7-16-36(35)39(43)46)29-31-20-18-30(19-21-31)28-42-25-22-33(23-26-42)48-40(47)41-37-17-9-8-14-34(37)32-12-4-3-5-13-32;1-42(2,28-16-14-25-41-35(43)33-21-11-12-22-34(33)36(41)44)27-15-4-3-13-24-40-26-23-32(29-40)38(37(39)45,30-17-7-5-8-18-30)31-19-9-6-10-20-31/h9-18,21-28,41-42H,1-8,19-20,29-38H2,(H,49,53)(H,50,54);3-9,12-21,33H,10-11,22-29H2,1-2H3;5-12,17-22,32H,3-4,13-16,23-29H2,1-2H3,(H-,39,45)/p+2. The number of piperidine rings is 3. The van der Waals surface area contributed by atoms with Gasteiger partial charge in [0, 0.05) is 87.7 Å². The highest BCUT2D eigenvalue weighted by Crippen LogP contribution is 2.45. The van der Waals surface area contributed by atoms with Gasteiger partial charge in [-0.3, -0.25) is 54.6 Å². The van der Waals surface area contributed by atoms with Gasteiger partial charge in [0.1, 0.15) is 30.3 Å². The number of nitrogens with two attached hydrogens (primary N) is 1. The SMILES string of the molecule is C[N+](C)(CCCCCCN1CCC(C(C(N)=O)(c2ccccc2)c2ccccc2)C1)CCCCN1C(=O)c2ccccc2C1=O.C[N+](C)(CCCCN1C(=O)c2ccccc2C1=O)Cc1ccc(CN2CCC(OC(=O)Nc3ccccc3-c3ccccc3)CC2)cc1.O=C(Nc1ccccc1-c1ccccc1)OC1CCN(CCCCCCCCCCCCN2CCC(OC(=O)Nc3ccccc3-c3ccccc3)CC2)CC1. The topological polar surface area (TPSA) is 246 Å². The third-order valence-electron chi connectivity index (χ3n) is 30.7. The Morgan fingerprint density at radius 1 is 0.295 bits per heavy atom. The van der Waals surface area contributed by atoms with Gasteiger partial charge in [-0.15, -0.1) is 0 Å². The molecule has 23 heteroatoms. The van der Waals surface area contributed by atoms with E-state index >= 15 is 0 Å². The highest BCUT2D eigenvalue weighted by Gasteiger charge is 2.50. The fourth-order valence-corrected chi connectivity index (χ4v) is 22.4. The van der Waals surface area contributed by atoms with E-state index in [-0.39, 0.29) is 66.0 Å². The van der Waals surface area contributed by atoms with E-state index in [1.807, 2.05) is 188 Å². The van der Waals surface area contributed by atoms with Gasteiger partial charge in [0.15, 0.2) is 0 Å². The largest absolute Gasteiger partial charge is 0.446 e. The van der Waals surface area contributed by atoms with Gasteiger partial charge in [-0.1, -0.05) is 313 Å². The Morgan fingerprint density at radius 2 is 0.564 bits per heavy atom. The van der Waals surface area contributed by atoms with Crippen LogP contribution >= 0.6 is 0 Å². The Bertz CT molecular complexity index is 5850. The Kier molecular flexibility index (Phi) is 41.2. The fourth-order valence-electron chi connectivity index (χ4n) is 22.4. The summed E-state index contributed by atoms with van der Waals surface area (Å²) in [5.41, 5.74) is 20.5. The van der Waals surface area contributed by atoms with E-state index in [1.165, 1.54) is 104 Å². The molecule has 0 saturated carbocycles.